The van der Waals surface area contributed by atoms with Crippen LogP contribution >= 0.6 is 0 Å². The smallest absolute Gasteiger partial charge is 0.373 e. The minimum absolute atomic E-state index is 0.0242. The molecule has 2 heterocycles. The summed E-state index contributed by atoms with van der Waals surface area (Å²) < 4.78 is 92.7. The third-order valence-corrected chi connectivity index (χ3v) is 8.28. The standard InChI is InChI=1S/C20H16F3N5O4S2/c1-25-17-10-18(27-19(24)26-17)34(31,32)28-11-16(14-4-2-3-5-15(14)28)33(29,30)13-8-6-12(7-9-13)20(21,22)23/h2-11H,1H3,(H3,24,25,26,27). The second kappa shape index (κ2) is 7.99. The van der Waals surface area contributed by atoms with E-state index in [0.29, 0.717) is 12.1 Å². The van der Waals surface area contributed by atoms with Crippen LogP contribution in [0.15, 0.2) is 75.6 Å². The Hall–Kier alpha value is -3.65. The highest BCUT2D eigenvalue weighted by atomic mass is 32.2. The Kier molecular flexibility index (Phi) is 5.52. The van der Waals surface area contributed by atoms with E-state index in [1.165, 1.54) is 31.3 Å². The van der Waals surface area contributed by atoms with Crippen molar-refractivity contribution >= 4 is 42.5 Å². The lowest BCUT2D eigenvalue weighted by Crippen LogP contribution is -2.15. The summed E-state index contributed by atoms with van der Waals surface area (Å²) in [5.74, 6) is -0.195. The quantitative estimate of drug-likeness (QED) is 0.390. The molecule has 2 aromatic heterocycles. The van der Waals surface area contributed by atoms with E-state index in [9.17, 15) is 30.0 Å². The van der Waals surface area contributed by atoms with E-state index in [1.807, 2.05) is 0 Å². The van der Waals surface area contributed by atoms with Crippen LogP contribution in [-0.2, 0) is 26.0 Å². The Morgan fingerprint density at radius 2 is 1.62 bits per heavy atom. The van der Waals surface area contributed by atoms with E-state index < -0.39 is 46.4 Å². The third-order valence-electron chi connectivity index (χ3n) is 4.92. The highest BCUT2D eigenvalue weighted by Gasteiger charge is 2.32. The minimum atomic E-state index is -4.64. The van der Waals surface area contributed by atoms with Crippen molar-refractivity contribution in [3.05, 3.63) is 66.4 Å². The van der Waals surface area contributed by atoms with Crippen LogP contribution in [0.25, 0.3) is 10.9 Å². The third kappa shape index (κ3) is 3.94. The SMILES string of the molecule is CNc1cc(S(=O)(=O)n2cc(S(=O)(=O)c3ccc(C(F)(F)F)cc3)c3ccccc32)nc(N)n1. The number of hydrogen-bond donors (Lipinski definition) is 2. The molecule has 0 bridgehead atoms. The number of aromatic nitrogens is 3. The molecule has 178 valence electrons. The van der Waals surface area contributed by atoms with Gasteiger partial charge in [-0.2, -0.15) is 31.6 Å². The van der Waals surface area contributed by atoms with Crippen LogP contribution < -0.4 is 11.1 Å². The lowest BCUT2D eigenvalue weighted by molar-refractivity contribution is -0.137. The number of rotatable bonds is 5. The topological polar surface area (TPSA) is 137 Å². The summed E-state index contributed by atoms with van der Waals surface area (Å²) >= 11 is 0. The average molecular weight is 512 g/mol. The summed E-state index contributed by atoms with van der Waals surface area (Å²) in [6.07, 6.45) is -3.75. The second-order valence-corrected chi connectivity index (χ2v) is 10.7. The molecule has 0 radical (unpaired) electrons. The molecular formula is C20H16F3N5O4S2. The number of sulfone groups is 1. The fourth-order valence-corrected chi connectivity index (χ4v) is 6.14. The van der Waals surface area contributed by atoms with Gasteiger partial charge >= 0.3 is 6.18 Å². The molecule has 0 atom stereocenters. The van der Waals surface area contributed by atoms with Crippen LogP contribution in [0.5, 0.6) is 0 Å². The fraction of sp³-hybridized carbons (Fsp3) is 0.100. The van der Waals surface area contributed by atoms with Gasteiger partial charge < -0.3 is 11.1 Å². The minimum Gasteiger partial charge on any atom is -0.373 e. The first-order valence-electron chi connectivity index (χ1n) is 9.46. The Morgan fingerprint density at radius 1 is 0.971 bits per heavy atom. The fourth-order valence-electron chi connectivity index (χ4n) is 3.29. The summed E-state index contributed by atoms with van der Waals surface area (Å²) in [5.41, 5.74) is 4.61. The largest absolute Gasteiger partial charge is 0.416 e. The van der Waals surface area contributed by atoms with Crippen molar-refractivity contribution in [1.29, 1.82) is 0 Å². The lowest BCUT2D eigenvalue weighted by atomic mass is 10.2. The van der Waals surface area contributed by atoms with Crippen LogP contribution in [0.2, 0.25) is 0 Å². The molecule has 9 nitrogen and oxygen atoms in total. The predicted molar refractivity (Wildman–Crippen MR) is 117 cm³/mol. The molecule has 0 aliphatic heterocycles. The maximum absolute atomic E-state index is 13.4. The van der Waals surface area contributed by atoms with Gasteiger partial charge in [-0.15, -0.1) is 0 Å². The number of para-hydroxylation sites is 1. The maximum Gasteiger partial charge on any atom is 0.416 e. The van der Waals surface area contributed by atoms with Crippen LogP contribution in [0.1, 0.15) is 5.56 Å². The zero-order valence-electron chi connectivity index (χ0n) is 17.3. The molecule has 4 aromatic rings. The average Bonchev–Trinajstić information content (AvgIpc) is 3.19. The van der Waals surface area contributed by atoms with E-state index in [2.05, 4.69) is 15.3 Å². The molecule has 0 saturated heterocycles. The summed E-state index contributed by atoms with van der Waals surface area (Å²) in [5, 5.41) is 2.23. The zero-order valence-corrected chi connectivity index (χ0v) is 18.9. The van der Waals surface area contributed by atoms with Gasteiger partial charge in [0.25, 0.3) is 10.0 Å². The molecule has 0 spiro atoms. The Labute approximate surface area is 192 Å². The lowest BCUT2D eigenvalue weighted by Gasteiger charge is -2.09. The summed E-state index contributed by atoms with van der Waals surface area (Å²) in [7, 11) is -7.33. The van der Waals surface area contributed by atoms with Gasteiger partial charge in [0, 0.05) is 24.7 Å². The van der Waals surface area contributed by atoms with Gasteiger partial charge in [-0.3, -0.25) is 0 Å². The molecule has 4 rings (SSSR count). The zero-order chi connectivity index (χ0) is 24.9. The maximum atomic E-state index is 13.4. The first-order valence-corrected chi connectivity index (χ1v) is 12.4. The molecule has 0 aliphatic rings. The molecule has 0 fully saturated rings. The van der Waals surface area contributed by atoms with Crippen molar-refractivity contribution in [2.75, 3.05) is 18.1 Å². The van der Waals surface area contributed by atoms with Gasteiger partial charge in [0.15, 0.2) is 5.03 Å². The normalized spacial score (nSPS) is 12.7. The van der Waals surface area contributed by atoms with Crippen LogP contribution in [0, 0.1) is 0 Å². The van der Waals surface area contributed by atoms with Gasteiger partial charge in [-0.05, 0) is 30.3 Å². The number of nitrogen functional groups attached to an aromatic ring is 1. The van der Waals surface area contributed by atoms with E-state index in [-0.39, 0.29) is 22.7 Å². The van der Waals surface area contributed by atoms with Crippen molar-refractivity contribution in [1.82, 2.24) is 13.9 Å². The highest BCUT2D eigenvalue weighted by Crippen LogP contribution is 2.34. The van der Waals surface area contributed by atoms with Gasteiger partial charge in [0.2, 0.25) is 15.8 Å². The molecule has 14 heteroatoms. The molecule has 0 unspecified atom stereocenters. The highest BCUT2D eigenvalue weighted by molar-refractivity contribution is 7.92. The van der Waals surface area contributed by atoms with Crippen molar-refractivity contribution in [2.45, 2.75) is 21.0 Å². The van der Waals surface area contributed by atoms with Crippen molar-refractivity contribution in [3.8, 4) is 0 Å². The monoisotopic (exact) mass is 511 g/mol. The molecule has 34 heavy (non-hydrogen) atoms. The van der Waals surface area contributed by atoms with Gasteiger partial charge in [-0.1, -0.05) is 18.2 Å². The van der Waals surface area contributed by atoms with Crippen LogP contribution in [0.4, 0.5) is 24.9 Å². The Bertz CT molecular complexity index is 1610. The molecule has 3 N–H and O–H groups in total. The number of benzene rings is 2. The Balaban J connectivity index is 1.92. The van der Waals surface area contributed by atoms with Crippen LogP contribution in [0.3, 0.4) is 0 Å². The van der Waals surface area contributed by atoms with Gasteiger partial charge in [0.05, 0.1) is 20.9 Å². The van der Waals surface area contributed by atoms with Crippen molar-refractivity contribution < 1.29 is 30.0 Å². The summed E-state index contributed by atoms with van der Waals surface area (Å²) in [6.45, 7) is 0. The van der Waals surface area contributed by atoms with Crippen molar-refractivity contribution in [2.24, 2.45) is 0 Å². The number of nitrogens with zero attached hydrogens (tertiary/aromatic N) is 3. The first kappa shape index (κ1) is 23.5. The molecular weight excluding hydrogens is 495 g/mol. The number of anilines is 2. The van der Waals surface area contributed by atoms with E-state index in [4.69, 9.17) is 5.73 Å². The molecule has 0 saturated carbocycles. The van der Waals surface area contributed by atoms with Crippen LogP contribution in [-0.4, -0.2) is 37.8 Å². The van der Waals surface area contributed by atoms with Gasteiger partial charge in [0.1, 0.15) is 5.82 Å². The number of halogens is 3. The number of alkyl halides is 3. The summed E-state index contributed by atoms with van der Waals surface area (Å²) in [6, 6.07) is 9.87. The Morgan fingerprint density at radius 3 is 2.24 bits per heavy atom. The van der Waals surface area contributed by atoms with Gasteiger partial charge in [-0.25, -0.2) is 12.4 Å². The van der Waals surface area contributed by atoms with E-state index in [0.717, 1.165) is 28.4 Å². The van der Waals surface area contributed by atoms with E-state index >= 15 is 0 Å². The first-order chi connectivity index (χ1) is 15.9. The van der Waals surface area contributed by atoms with E-state index in [1.54, 1.807) is 0 Å². The number of nitrogens with two attached hydrogens (primary N) is 1. The predicted octanol–water partition coefficient (Wildman–Crippen LogP) is 3.14. The second-order valence-electron chi connectivity index (χ2n) is 7.04. The number of fused-ring (bicyclic) bond motifs is 1. The molecule has 2 aromatic carbocycles. The molecule has 0 amide bonds. The summed E-state index contributed by atoms with van der Waals surface area (Å²) in [4.78, 5) is 6.77. The van der Waals surface area contributed by atoms with Crippen molar-refractivity contribution in [3.63, 3.8) is 0 Å². The number of hydrogen-bond acceptors (Lipinski definition) is 8. The molecule has 0 aliphatic carbocycles. The number of nitrogens with one attached hydrogen (secondary N) is 1.